The standard InChI is InChI=1S/C19H17N3O3/c1-2-12-25-19(24)9-5-6-14-10-11-18(23)17(13-14)22-20-15-7-3-4-8-16(15)21-22/h2-5,7-11,13,23H,1,6,12H2. The van der Waals surface area contributed by atoms with Gasteiger partial charge in [-0.05, 0) is 36.2 Å². The van der Waals surface area contributed by atoms with Gasteiger partial charge in [-0.2, -0.15) is 0 Å². The number of phenols is 1. The summed E-state index contributed by atoms with van der Waals surface area (Å²) in [5.74, 6) is -0.336. The number of phenolic OH excluding ortho intramolecular Hbond substituents is 1. The highest BCUT2D eigenvalue weighted by molar-refractivity contribution is 5.82. The summed E-state index contributed by atoms with van der Waals surface area (Å²) in [6.07, 6.45) is 5.10. The molecule has 0 unspecified atom stereocenters. The van der Waals surface area contributed by atoms with Crippen LogP contribution in [-0.2, 0) is 16.0 Å². The van der Waals surface area contributed by atoms with Crippen molar-refractivity contribution in [2.45, 2.75) is 6.42 Å². The smallest absolute Gasteiger partial charge is 0.330 e. The Kier molecular flexibility index (Phi) is 4.89. The monoisotopic (exact) mass is 335 g/mol. The molecule has 25 heavy (non-hydrogen) atoms. The molecule has 0 amide bonds. The Morgan fingerprint density at radius 1 is 1.20 bits per heavy atom. The highest BCUT2D eigenvalue weighted by atomic mass is 16.5. The fourth-order valence-electron chi connectivity index (χ4n) is 2.30. The van der Waals surface area contributed by atoms with Crippen LogP contribution in [0, 0.1) is 0 Å². The minimum Gasteiger partial charge on any atom is -0.506 e. The molecule has 1 heterocycles. The molecule has 6 nitrogen and oxygen atoms in total. The first kappa shape index (κ1) is 16.4. The lowest BCUT2D eigenvalue weighted by atomic mass is 10.1. The molecule has 0 radical (unpaired) electrons. The van der Waals surface area contributed by atoms with E-state index in [1.54, 1.807) is 24.3 Å². The Hall–Kier alpha value is -3.41. The minimum atomic E-state index is -0.418. The van der Waals surface area contributed by atoms with Crippen LogP contribution in [0.4, 0.5) is 0 Å². The van der Waals surface area contributed by atoms with Gasteiger partial charge in [0.1, 0.15) is 29.1 Å². The summed E-state index contributed by atoms with van der Waals surface area (Å²) >= 11 is 0. The maximum atomic E-state index is 11.4. The van der Waals surface area contributed by atoms with Gasteiger partial charge in [0.05, 0.1) is 0 Å². The van der Waals surface area contributed by atoms with Crippen LogP contribution in [0.3, 0.4) is 0 Å². The molecule has 0 fully saturated rings. The van der Waals surface area contributed by atoms with E-state index in [4.69, 9.17) is 4.74 Å². The largest absolute Gasteiger partial charge is 0.506 e. The third kappa shape index (κ3) is 3.92. The minimum absolute atomic E-state index is 0.0819. The van der Waals surface area contributed by atoms with E-state index in [-0.39, 0.29) is 12.4 Å². The van der Waals surface area contributed by atoms with Crippen molar-refractivity contribution in [3.8, 4) is 11.4 Å². The highest BCUT2D eigenvalue weighted by Gasteiger charge is 2.09. The number of hydrogen-bond donors (Lipinski definition) is 1. The van der Waals surface area contributed by atoms with E-state index in [9.17, 15) is 9.90 Å². The first-order valence-electron chi connectivity index (χ1n) is 7.76. The molecule has 0 aliphatic carbocycles. The summed E-state index contributed by atoms with van der Waals surface area (Å²) in [4.78, 5) is 12.8. The summed E-state index contributed by atoms with van der Waals surface area (Å²) < 4.78 is 4.87. The van der Waals surface area contributed by atoms with Crippen LogP contribution in [0.2, 0.25) is 0 Å². The van der Waals surface area contributed by atoms with Crippen LogP contribution in [0.25, 0.3) is 16.7 Å². The lowest BCUT2D eigenvalue weighted by molar-refractivity contribution is -0.136. The van der Waals surface area contributed by atoms with E-state index in [1.165, 1.54) is 16.9 Å². The van der Waals surface area contributed by atoms with Gasteiger partial charge in [0.2, 0.25) is 0 Å². The van der Waals surface area contributed by atoms with Gasteiger partial charge in [-0.3, -0.25) is 0 Å². The first-order chi connectivity index (χ1) is 12.2. The van der Waals surface area contributed by atoms with Crippen LogP contribution in [0.15, 0.2) is 67.3 Å². The second-order valence-corrected chi connectivity index (χ2v) is 5.33. The summed E-state index contributed by atoms with van der Waals surface area (Å²) in [7, 11) is 0. The number of ether oxygens (including phenoxy) is 1. The van der Waals surface area contributed by atoms with Crippen molar-refractivity contribution in [1.82, 2.24) is 15.0 Å². The number of aromatic nitrogens is 3. The van der Waals surface area contributed by atoms with E-state index in [0.29, 0.717) is 12.1 Å². The average Bonchev–Trinajstić information content (AvgIpc) is 3.05. The van der Waals surface area contributed by atoms with E-state index in [1.807, 2.05) is 24.3 Å². The molecule has 0 spiro atoms. The maximum Gasteiger partial charge on any atom is 0.330 e. The van der Waals surface area contributed by atoms with Gasteiger partial charge in [0.25, 0.3) is 0 Å². The van der Waals surface area contributed by atoms with Crippen molar-refractivity contribution in [2.24, 2.45) is 0 Å². The molecule has 2 aromatic carbocycles. The molecule has 0 atom stereocenters. The molecule has 6 heteroatoms. The van der Waals surface area contributed by atoms with E-state index in [2.05, 4.69) is 16.8 Å². The molecule has 0 bridgehead atoms. The van der Waals surface area contributed by atoms with Crippen LogP contribution in [0.5, 0.6) is 5.75 Å². The number of esters is 1. The predicted molar refractivity (Wildman–Crippen MR) is 94.5 cm³/mol. The zero-order valence-corrected chi connectivity index (χ0v) is 13.5. The number of carbonyl (C=O) groups excluding carboxylic acids is 1. The zero-order valence-electron chi connectivity index (χ0n) is 13.5. The molecular formula is C19H17N3O3. The number of aromatic hydroxyl groups is 1. The van der Waals surface area contributed by atoms with Crippen molar-refractivity contribution >= 4 is 17.0 Å². The van der Waals surface area contributed by atoms with Gasteiger partial charge in [-0.1, -0.05) is 36.9 Å². The van der Waals surface area contributed by atoms with Crippen molar-refractivity contribution in [1.29, 1.82) is 0 Å². The van der Waals surface area contributed by atoms with Crippen LogP contribution in [-0.4, -0.2) is 32.7 Å². The molecule has 3 rings (SSSR count). The summed E-state index contributed by atoms with van der Waals surface area (Å²) in [6, 6.07) is 12.6. The Balaban J connectivity index is 1.79. The normalized spacial score (nSPS) is 11.0. The number of allylic oxidation sites excluding steroid dienone is 1. The molecule has 3 aromatic rings. The summed E-state index contributed by atoms with van der Waals surface area (Å²) in [5.41, 5.74) is 2.88. The number of nitrogens with zero attached hydrogens (tertiary/aromatic N) is 3. The van der Waals surface area contributed by atoms with Gasteiger partial charge >= 0.3 is 5.97 Å². The quantitative estimate of drug-likeness (QED) is 0.426. The number of hydrogen-bond acceptors (Lipinski definition) is 5. The Morgan fingerprint density at radius 3 is 2.60 bits per heavy atom. The van der Waals surface area contributed by atoms with Gasteiger partial charge in [-0.15, -0.1) is 15.0 Å². The van der Waals surface area contributed by atoms with Gasteiger partial charge < -0.3 is 9.84 Å². The van der Waals surface area contributed by atoms with Crippen LogP contribution < -0.4 is 0 Å². The number of carbonyl (C=O) groups is 1. The second kappa shape index (κ2) is 7.44. The van der Waals surface area contributed by atoms with E-state index in [0.717, 1.165) is 16.6 Å². The average molecular weight is 335 g/mol. The zero-order chi connectivity index (χ0) is 17.6. The topological polar surface area (TPSA) is 77.2 Å². The van der Waals surface area contributed by atoms with Gasteiger partial charge in [0, 0.05) is 6.08 Å². The fraction of sp³-hybridized carbons (Fsp3) is 0.105. The Morgan fingerprint density at radius 2 is 1.92 bits per heavy atom. The molecule has 0 saturated carbocycles. The number of fused-ring (bicyclic) bond motifs is 1. The lowest BCUT2D eigenvalue weighted by Gasteiger charge is -2.05. The van der Waals surface area contributed by atoms with Crippen molar-refractivity contribution in [3.63, 3.8) is 0 Å². The van der Waals surface area contributed by atoms with Crippen molar-refractivity contribution < 1.29 is 14.6 Å². The van der Waals surface area contributed by atoms with Crippen molar-refractivity contribution in [3.05, 3.63) is 72.8 Å². The number of benzene rings is 2. The molecule has 1 aromatic heterocycles. The molecule has 126 valence electrons. The third-order valence-electron chi connectivity index (χ3n) is 3.49. The Bertz CT molecular complexity index is 911. The maximum absolute atomic E-state index is 11.4. The van der Waals surface area contributed by atoms with Crippen LogP contribution in [0.1, 0.15) is 5.56 Å². The summed E-state index contributed by atoms with van der Waals surface area (Å²) in [5, 5.41) is 18.9. The Labute approximate surface area is 144 Å². The number of rotatable bonds is 6. The first-order valence-corrected chi connectivity index (χ1v) is 7.76. The molecule has 1 N–H and O–H groups in total. The van der Waals surface area contributed by atoms with E-state index >= 15 is 0 Å². The molecular weight excluding hydrogens is 318 g/mol. The van der Waals surface area contributed by atoms with Crippen LogP contribution >= 0.6 is 0 Å². The molecule has 0 saturated heterocycles. The summed E-state index contributed by atoms with van der Waals surface area (Å²) in [6.45, 7) is 3.67. The SMILES string of the molecule is C=CCOC(=O)C=CCc1ccc(O)c(-n2nc3ccccc3n2)c1. The van der Waals surface area contributed by atoms with Gasteiger partial charge in [0.15, 0.2) is 0 Å². The predicted octanol–water partition coefficient (Wildman–Crippen LogP) is 2.95. The third-order valence-corrected chi connectivity index (χ3v) is 3.49. The fourth-order valence-corrected chi connectivity index (χ4v) is 2.30. The second-order valence-electron chi connectivity index (χ2n) is 5.33. The molecule has 0 aliphatic rings. The van der Waals surface area contributed by atoms with E-state index < -0.39 is 5.97 Å². The lowest BCUT2D eigenvalue weighted by Crippen LogP contribution is -2.01. The van der Waals surface area contributed by atoms with Gasteiger partial charge in [-0.25, -0.2) is 4.79 Å². The molecule has 0 aliphatic heterocycles. The highest BCUT2D eigenvalue weighted by Crippen LogP contribution is 2.23. The van der Waals surface area contributed by atoms with Crippen molar-refractivity contribution in [2.75, 3.05) is 6.61 Å².